The molecule has 0 aliphatic heterocycles. The highest BCUT2D eigenvalue weighted by molar-refractivity contribution is 5.97. The summed E-state index contributed by atoms with van der Waals surface area (Å²) in [5, 5.41) is 3.04. The van der Waals surface area contributed by atoms with E-state index in [4.69, 9.17) is 10.5 Å². The van der Waals surface area contributed by atoms with E-state index in [2.05, 4.69) is 12.2 Å². The number of benzene rings is 1. The van der Waals surface area contributed by atoms with Gasteiger partial charge in [-0.3, -0.25) is 4.79 Å². The van der Waals surface area contributed by atoms with Gasteiger partial charge in [0.15, 0.2) is 0 Å². The van der Waals surface area contributed by atoms with Crippen molar-refractivity contribution in [1.29, 1.82) is 0 Å². The van der Waals surface area contributed by atoms with Gasteiger partial charge in [0.05, 0.1) is 12.7 Å². The lowest BCUT2D eigenvalue weighted by molar-refractivity contribution is 0.0916. The average Bonchev–Trinajstić information content (AvgIpc) is 2.45. The van der Waals surface area contributed by atoms with Crippen LogP contribution in [0.2, 0.25) is 0 Å². The highest BCUT2D eigenvalue weighted by atomic mass is 16.5. The summed E-state index contributed by atoms with van der Waals surface area (Å²) in [6.45, 7) is 2.97. The minimum Gasteiger partial charge on any atom is -0.496 e. The van der Waals surface area contributed by atoms with E-state index in [1.165, 1.54) is 32.1 Å². The maximum atomic E-state index is 12.3. The number of nitrogens with one attached hydrogen (secondary N) is 1. The number of hydrogen-bond donors (Lipinski definition) is 2. The molecule has 0 heterocycles. The van der Waals surface area contributed by atoms with Gasteiger partial charge >= 0.3 is 0 Å². The van der Waals surface area contributed by atoms with E-state index in [1.807, 2.05) is 0 Å². The van der Waals surface area contributed by atoms with E-state index in [9.17, 15) is 4.79 Å². The Hall–Kier alpha value is -1.71. The zero-order valence-electron chi connectivity index (χ0n) is 12.4. The van der Waals surface area contributed by atoms with Gasteiger partial charge in [-0.05, 0) is 36.5 Å². The van der Waals surface area contributed by atoms with Crippen molar-refractivity contribution >= 4 is 11.6 Å². The Morgan fingerprint density at radius 3 is 2.70 bits per heavy atom. The van der Waals surface area contributed by atoms with Crippen molar-refractivity contribution in [1.82, 2.24) is 5.32 Å². The van der Waals surface area contributed by atoms with Crippen molar-refractivity contribution in [3.8, 4) is 5.75 Å². The third-order valence-corrected chi connectivity index (χ3v) is 4.20. The third-order valence-electron chi connectivity index (χ3n) is 4.20. The van der Waals surface area contributed by atoms with Crippen molar-refractivity contribution in [3.05, 3.63) is 23.8 Å². The molecule has 1 fully saturated rings. The lowest BCUT2D eigenvalue weighted by Crippen LogP contribution is -2.37. The molecule has 20 heavy (non-hydrogen) atoms. The first-order chi connectivity index (χ1) is 9.54. The number of ether oxygens (including phenoxy) is 1. The van der Waals surface area contributed by atoms with E-state index in [0.717, 1.165) is 0 Å². The second-order valence-corrected chi connectivity index (χ2v) is 6.01. The number of hydrogen-bond acceptors (Lipinski definition) is 3. The van der Waals surface area contributed by atoms with Gasteiger partial charge in [0.2, 0.25) is 0 Å². The summed E-state index contributed by atoms with van der Waals surface area (Å²) in [7, 11) is 1.56. The van der Waals surface area contributed by atoms with Crippen LogP contribution in [0.3, 0.4) is 0 Å². The summed E-state index contributed by atoms with van der Waals surface area (Å²) in [4.78, 5) is 12.3. The van der Waals surface area contributed by atoms with Crippen molar-refractivity contribution in [2.45, 2.75) is 39.0 Å². The molecule has 1 saturated carbocycles. The number of nitrogens with two attached hydrogens (primary N) is 1. The molecule has 0 radical (unpaired) electrons. The van der Waals surface area contributed by atoms with Crippen molar-refractivity contribution in [2.75, 3.05) is 19.4 Å². The highest BCUT2D eigenvalue weighted by Gasteiger charge is 2.27. The first-order valence-corrected chi connectivity index (χ1v) is 7.26. The molecule has 1 aliphatic rings. The second-order valence-electron chi connectivity index (χ2n) is 6.01. The molecule has 1 amide bonds. The first kappa shape index (κ1) is 14.7. The Morgan fingerprint density at radius 2 is 2.05 bits per heavy atom. The maximum absolute atomic E-state index is 12.3. The van der Waals surface area contributed by atoms with E-state index in [0.29, 0.717) is 23.5 Å². The van der Waals surface area contributed by atoms with Gasteiger partial charge in [-0.1, -0.05) is 26.2 Å². The molecule has 0 atom stereocenters. The largest absolute Gasteiger partial charge is 0.496 e. The average molecular weight is 276 g/mol. The summed E-state index contributed by atoms with van der Waals surface area (Å²) in [6, 6.07) is 5.13. The maximum Gasteiger partial charge on any atom is 0.255 e. The fourth-order valence-electron chi connectivity index (χ4n) is 2.87. The van der Waals surface area contributed by atoms with Crippen LogP contribution in [-0.2, 0) is 0 Å². The topological polar surface area (TPSA) is 64.3 Å². The molecular weight excluding hydrogens is 252 g/mol. The molecule has 0 spiro atoms. The molecule has 3 N–H and O–H groups in total. The van der Waals surface area contributed by atoms with Gasteiger partial charge in [0.25, 0.3) is 5.91 Å². The molecule has 0 unspecified atom stereocenters. The number of amides is 1. The van der Waals surface area contributed by atoms with Crippen LogP contribution in [0.5, 0.6) is 5.75 Å². The summed E-state index contributed by atoms with van der Waals surface area (Å²) in [6.07, 6.45) is 6.19. The zero-order valence-corrected chi connectivity index (χ0v) is 12.4. The van der Waals surface area contributed by atoms with E-state index >= 15 is 0 Å². The molecule has 0 bridgehead atoms. The first-order valence-electron chi connectivity index (χ1n) is 7.26. The van der Waals surface area contributed by atoms with Crippen LogP contribution in [0.25, 0.3) is 0 Å². The Kier molecular flexibility index (Phi) is 4.53. The van der Waals surface area contributed by atoms with Crippen LogP contribution in [0, 0.1) is 5.41 Å². The van der Waals surface area contributed by atoms with Crippen molar-refractivity contribution in [3.63, 3.8) is 0 Å². The van der Waals surface area contributed by atoms with Gasteiger partial charge in [0, 0.05) is 12.2 Å². The van der Waals surface area contributed by atoms with Gasteiger partial charge in [0.1, 0.15) is 5.75 Å². The molecule has 0 aromatic heterocycles. The SMILES string of the molecule is COc1ccc(N)cc1C(=O)NCC1(C)CCCCC1. The molecule has 1 aromatic rings. The van der Waals surface area contributed by atoms with Crippen LogP contribution in [0.15, 0.2) is 18.2 Å². The summed E-state index contributed by atoms with van der Waals surface area (Å²) < 4.78 is 5.22. The minimum atomic E-state index is -0.110. The Labute approximate surface area is 120 Å². The normalized spacial score (nSPS) is 17.5. The van der Waals surface area contributed by atoms with Crippen LogP contribution in [0.1, 0.15) is 49.4 Å². The number of nitrogen functional groups attached to an aromatic ring is 1. The Bertz CT molecular complexity index is 479. The molecule has 1 aliphatic carbocycles. The van der Waals surface area contributed by atoms with Crippen molar-refractivity contribution in [2.24, 2.45) is 5.41 Å². The molecule has 4 nitrogen and oxygen atoms in total. The Morgan fingerprint density at radius 1 is 1.35 bits per heavy atom. The number of anilines is 1. The summed E-state index contributed by atoms with van der Waals surface area (Å²) in [5.41, 5.74) is 7.05. The van der Waals surface area contributed by atoms with E-state index in [-0.39, 0.29) is 11.3 Å². The van der Waals surface area contributed by atoms with E-state index < -0.39 is 0 Å². The second kappa shape index (κ2) is 6.16. The van der Waals surface area contributed by atoms with Gasteiger partial charge in [-0.25, -0.2) is 0 Å². The molecule has 110 valence electrons. The fourth-order valence-corrected chi connectivity index (χ4v) is 2.87. The predicted octanol–water partition coefficient (Wildman–Crippen LogP) is 2.98. The van der Waals surface area contributed by atoms with Crippen LogP contribution >= 0.6 is 0 Å². The van der Waals surface area contributed by atoms with Gasteiger partial charge in [-0.2, -0.15) is 0 Å². The Balaban J connectivity index is 2.03. The highest BCUT2D eigenvalue weighted by Crippen LogP contribution is 2.35. The summed E-state index contributed by atoms with van der Waals surface area (Å²) in [5.74, 6) is 0.450. The van der Waals surface area contributed by atoms with Gasteiger partial charge < -0.3 is 15.8 Å². The van der Waals surface area contributed by atoms with Crippen molar-refractivity contribution < 1.29 is 9.53 Å². The van der Waals surface area contributed by atoms with Crippen LogP contribution in [-0.4, -0.2) is 19.6 Å². The fraction of sp³-hybridized carbons (Fsp3) is 0.562. The molecule has 4 heteroatoms. The quantitative estimate of drug-likeness (QED) is 0.831. The minimum absolute atomic E-state index is 0.110. The monoisotopic (exact) mass is 276 g/mol. The standard InChI is InChI=1S/C16H24N2O2/c1-16(8-4-3-5-9-16)11-18-15(19)13-10-12(17)6-7-14(13)20-2/h6-7,10H,3-5,8-9,11,17H2,1-2H3,(H,18,19). The van der Waals surface area contributed by atoms with Crippen LogP contribution in [0.4, 0.5) is 5.69 Å². The van der Waals surface area contributed by atoms with E-state index in [1.54, 1.807) is 25.3 Å². The summed E-state index contributed by atoms with van der Waals surface area (Å²) >= 11 is 0. The number of methoxy groups -OCH3 is 1. The van der Waals surface area contributed by atoms with Gasteiger partial charge in [-0.15, -0.1) is 0 Å². The predicted molar refractivity (Wildman–Crippen MR) is 80.9 cm³/mol. The number of carbonyl (C=O) groups excluding carboxylic acids is 1. The molecule has 0 saturated heterocycles. The number of rotatable bonds is 4. The third kappa shape index (κ3) is 3.44. The lowest BCUT2D eigenvalue weighted by atomic mass is 9.76. The van der Waals surface area contributed by atoms with Crippen LogP contribution < -0.4 is 15.8 Å². The molecular formula is C16H24N2O2. The number of carbonyl (C=O) groups is 1. The molecule has 1 aromatic carbocycles. The zero-order chi connectivity index (χ0) is 14.6. The smallest absolute Gasteiger partial charge is 0.255 e. The molecule has 2 rings (SSSR count). The lowest BCUT2D eigenvalue weighted by Gasteiger charge is -2.33.